The van der Waals surface area contributed by atoms with Gasteiger partial charge in [-0.2, -0.15) is 0 Å². The van der Waals surface area contributed by atoms with Gasteiger partial charge in [0.2, 0.25) is 5.78 Å². The highest BCUT2D eigenvalue weighted by atomic mass is 19.1. The van der Waals surface area contributed by atoms with Gasteiger partial charge >= 0.3 is 5.97 Å². The number of hydrogen-bond acceptors (Lipinski definition) is 3. The number of ether oxygens (including phenoxy) is 1. The molecule has 3 rings (SSSR count). The van der Waals surface area contributed by atoms with Crippen molar-refractivity contribution >= 4 is 17.3 Å². The van der Waals surface area contributed by atoms with Crippen molar-refractivity contribution in [3.05, 3.63) is 76.9 Å². The Morgan fingerprint density at radius 2 is 1.74 bits per heavy atom. The third kappa shape index (κ3) is 3.63. The quantitative estimate of drug-likeness (QED) is 0.492. The number of carbonyl (C=O) groups excluding carboxylic acids is 2. The zero-order chi connectivity index (χ0) is 19.8. The molecule has 0 fully saturated rings. The highest BCUT2D eigenvalue weighted by molar-refractivity contribution is 6.11. The molecule has 0 aliphatic carbocycles. The van der Waals surface area contributed by atoms with Gasteiger partial charge in [0.25, 0.3) is 0 Å². The Kier molecular flexibility index (Phi) is 4.87. The summed E-state index contributed by atoms with van der Waals surface area (Å²) < 4.78 is 20.0. The van der Waals surface area contributed by atoms with Gasteiger partial charge in [-0.3, -0.25) is 4.79 Å². The summed E-state index contributed by atoms with van der Waals surface area (Å²) in [5, 5.41) is 0. The maximum atomic E-state index is 13.2. The Morgan fingerprint density at radius 3 is 2.33 bits per heavy atom. The van der Waals surface area contributed by atoms with Gasteiger partial charge in [0.15, 0.2) is 0 Å². The van der Waals surface area contributed by atoms with Crippen LogP contribution in [0.15, 0.2) is 48.7 Å². The maximum absolute atomic E-state index is 13.2. The van der Waals surface area contributed by atoms with E-state index in [9.17, 15) is 14.0 Å². The molecule has 0 spiro atoms. The molecule has 0 amide bonds. The van der Waals surface area contributed by atoms with E-state index in [0.29, 0.717) is 22.3 Å². The van der Waals surface area contributed by atoms with Gasteiger partial charge in [0.1, 0.15) is 5.82 Å². The normalized spacial score (nSPS) is 11.6. The average Bonchev–Trinajstić information content (AvgIpc) is 3.00. The third-order valence-electron chi connectivity index (χ3n) is 4.47. The van der Waals surface area contributed by atoms with Crippen molar-refractivity contribution in [2.24, 2.45) is 0 Å². The van der Waals surface area contributed by atoms with Crippen molar-refractivity contribution in [1.29, 1.82) is 0 Å². The van der Waals surface area contributed by atoms with Crippen molar-refractivity contribution in [3.8, 4) is 0 Å². The van der Waals surface area contributed by atoms with Crippen LogP contribution in [0.1, 0.15) is 59.7 Å². The molecule has 0 unspecified atom stereocenters. The SMILES string of the molecule is CCOC(=O)c1cc(C(=O)c2ccc(F)cc2)n2ccc(C(C)(C)C)cc12. The molecule has 3 aromatic rings. The number of esters is 1. The largest absolute Gasteiger partial charge is 0.462 e. The van der Waals surface area contributed by atoms with Crippen LogP contribution in [0.5, 0.6) is 0 Å². The first-order chi connectivity index (χ1) is 12.7. The summed E-state index contributed by atoms with van der Waals surface area (Å²) in [5.41, 5.74) is 2.57. The standard InChI is InChI=1S/C22H22FNO3/c1-5-27-21(26)17-13-19(20(25)14-6-8-16(23)9-7-14)24-11-10-15(12-18(17)24)22(2,3)4/h6-13H,5H2,1-4H3. The fourth-order valence-electron chi connectivity index (χ4n) is 2.96. The Balaban J connectivity index is 2.19. The molecule has 0 radical (unpaired) electrons. The first-order valence-corrected chi connectivity index (χ1v) is 8.85. The van der Waals surface area contributed by atoms with E-state index in [1.807, 2.05) is 12.1 Å². The van der Waals surface area contributed by atoms with Crippen LogP contribution in [-0.2, 0) is 10.2 Å². The lowest BCUT2D eigenvalue weighted by molar-refractivity contribution is 0.0528. The molecule has 4 nitrogen and oxygen atoms in total. The van der Waals surface area contributed by atoms with Crippen LogP contribution in [-0.4, -0.2) is 22.8 Å². The zero-order valence-electron chi connectivity index (χ0n) is 15.9. The molecule has 2 heterocycles. The van der Waals surface area contributed by atoms with Crippen LogP contribution in [0.2, 0.25) is 0 Å². The van der Waals surface area contributed by atoms with Gasteiger partial charge in [-0.1, -0.05) is 20.8 Å². The predicted molar refractivity (Wildman–Crippen MR) is 102 cm³/mol. The van der Waals surface area contributed by atoms with Crippen LogP contribution >= 0.6 is 0 Å². The van der Waals surface area contributed by atoms with Crippen molar-refractivity contribution < 1.29 is 18.7 Å². The number of carbonyl (C=O) groups is 2. The first-order valence-electron chi connectivity index (χ1n) is 8.85. The Hall–Kier alpha value is -2.95. The van der Waals surface area contributed by atoms with Gasteiger partial charge in [-0.25, -0.2) is 9.18 Å². The van der Waals surface area contributed by atoms with Crippen molar-refractivity contribution in [1.82, 2.24) is 4.40 Å². The minimum atomic E-state index is -0.473. The Morgan fingerprint density at radius 1 is 1.07 bits per heavy atom. The van der Waals surface area contributed by atoms with Crippen LogP contribution in [0, 0.1) is 5.82 Å². The number of aromatic nitrogens is 1. The van der Waals surface area contributed by atoms with Crippen molar-refractivity contribution in [3.63, 3.8) is 0 Å². The lowest BCUT2D eigenvalue weighted by atomic mass is 9.87. The number of fused-ring (bicyclic) bond motifs is 1. The average molecular weight is 367 g/mol. The number of rotatable bonds is 4. The molecule has 5 heteroatoms. The number of halogens is 1. The lowest BCUT2D eigenvalue weighted by Crippen LogP contribution is -2.12. The van der Waals surface area contributed by atoms with Gasteiger partial charge in [0.05, 0.1) is 23.4 Å². The monoisotopic (exact) mass is 367 g/mol. The van der Waals surface area contributed by atoms with Crippen LogP contribution < -0.4 is 0 Å². The van der Waals surface area contributed by atoms with E-state index in [-0.39, 0.29) is 17.8 Å². The molecule has 0 bridgehead atoms. The number of nitrogens with zero attached hydrogens (tertiary/aromatic N) is 1. The third-order valence-corrected chi connectivity index (χ3v) is 4.47. The summed E-state index contributed by atoms with van der Waals surface area (Å²) in [5.74, 6) is -1.17. The van der Waals surface area contributed by atoms with E-state index in [1.54, 1.807) is 23.6 Å². The summed E-state index contributed by atoms with van der Waals surface area (Å²) >= 11 is 0. The highest BCUT2D eigenvalue weighted by Gasteiger charge is 2.23. The van der Waals surface area contributed by atoms with E-state index in [4.69, 9.17) is 4.74 Å². The minimum Gasteiger partial charge on any atom is -0.462 e. The summed E-state index contributed by atoms with van der Waals surface area (Å²) in [7, 11) is 0. The molecule has 0 saturated heterocycles. The van der Waals surface area contributed by atoms with E-state index in [1.165, 1.54) is 24.3 Å². The second-order valence-electron chi connectivity index (χ2n) is 7.42. The minimum absolute atomic E-state index is 0.112. The first kappa shape index (κ1) is 18.8. The zero-order valence-corrected chi connectivity index (χ0v) is 15.9. The lowest BCUT2D eigenvalue weighted by Gasteiger charge is -2.19. The Bertz CT molecular complexity index is 1010. The van der Waals surface area contributed by atoms with Gasteiger partial charge in [-0.05, 0) is 60.4 Å². The number of hydrogen-bond donors (Lipinski definition) is 0. The predicted octanol–water partition coefficient (Wildman–Crippen LogP) is 4.78. The van der Waals surface area contributed by atoms with Crippen LogP contribution in [0.3, 0.4) is 0 Å². The molecule has 0 saturated carbocycles. The summed E-state index contributed by atoms with van der Waals surface area (Å²) in [6, 6.07) is 10.7. The molecule has 0 aliphatic heterocycles. The van der Waals surface area contributed by atoms with Gasteiger partial charge in [-0.15, -0.1) is 0 Å². The molecule has 27 heavy (non-hydrogen) atoms. The fourth-order valence-corrected chi connectivity index (χ4v) is 2.96. The summed E-state index contributed by atoms with van der Waals surface area (Å²) in [4.78, 5) is 25.4. The number of pyridine rings is 1. The fraction of sp³-hybridized carbons (Fsp3) is 0.273. The van der Waals surface area contributed by atoms with Crippen LogP contribution in [0.4, 0.5) is 4.39 Å². The van der Waals surface area contributed by atoms with Gasteiger partial charge < -0.3 is 9.14 Å². The molecular formula is C22H22FNO3. The molecule has 0 atom stereocenters. The van der Waals surface area contributed by atoms with Crippen molar-refractivity contribution in [2.75, 3.05) is 6.61 Å². The topological polar surface area (TPSA) is 47.8 Å². The molecule has 2 aromatic heterocycles. The summed E-state index contributed by atoms with van der Waals surface area (Å²) in [6.45, 7) is 8.22. The maximum Gasteiger partial charge on any atom is 0.340 e. The van der Waals surface area contributed by atoms with Crippen LogP contribution in [0.25, 0.3) is 5.52 Å². The smallest absolute Gasteiger partial charge is 0.340 e. The highest BCUT2D eigenvalue weighted by Crippen LogP contribution is 2.27. The second-order valence-corrected chi connectivity index (χ2v) is 7.42. The van der Waals surface area contributed by atoms with E-state index in [2.05, 4.69) is 20.8 Å². The molecule has 1 aromatic carbocycles. The number of ketones is 1. The van der Waals surface area contributed by atoms with Crippen molar-refractivity contribution in [2.45, 2.75) is 33.1 Å². The number of benzene rings is 1. The second kappa shape index (κ2) is 6.99. The summed E-state index contributed by atoms with van der Waals surface area (Å²) in [6.07, 6.45) is 1.79. The molecule has 140 valence electrons. The molecule has 0 aliphatic rings. The van der Waals surface area contributed by atoms with E-state index >= 15 is 0 Å². The molecule has 0 N–H and O–H groups in total. The molecular weight excluding hydrogens is 345 g/mol. The Labute approximate surface area is 157 Å². The van der Waals surface area contributed by atoms with E-state index < -0.39 is 11.8 Å². The van der Waals surface area contributed by atoms with Gasteiger partial charge in [0, 0.05) is 11.8 Å². The van der Waals surface area contributed by atoms with E-state index in [0.717, 1.165) is 5.56 Å².